The van der Waals surface area contributed by atoms with Crippen molar-refractivity contribution in [3.63, 3.8) is 0 Å². The van der Waals surface area contributed by atoms with Gasteiger partial charge in [-0.1, -0.05) is 32.0 Å². The van der Waals surface area contributed by atoms with Crippen molar-refractivity contribution < 1.29 is 4.39 Å². The molecule has 0 aromatic heterocycles. The Morgan fingerprint density at radius 2 is 1.94 bits per heavy atom. The Kier molecular flexibility index (Phi) is 4.76. The van der Waals surface area contributed by atoms with Crippen molar-refractivity contribution in [3.8, 4) is 0 Å². The number of halogens is 1. The van der Waals surface area contributed by atoms with Gasteiger partial charge in [0.1, 0.15) is 5.82 Å². The van der Waals surface area contributed by atoms with Crippen LogP contribution < -0.4 is 5.32 Å². The molecule has 0 spiro atoms. The first-order chi connectivity index (χ1) is 8.66. The van der Waals surface area contributed by atoms with E-state index < -0.39 is 0 Å². The Labute approximate surface area is 110 Å². The number of benzene rings is 1. The van der Waals surface area contributed by atoms with E-state index in [0.29, 0.717) is 6.04 Å². The Bertz CT molecular complexity index is 377. The van der Waals surface area contributed by atoms with Gasteiger partial charge < -0.3 is 5.32 Å². The third-order valence-corrected chi connectivity index (χ3v) is 4.38. The molecule has 0 bridgehead atoms. The summed E-state index contributed by atoms with van der Waals surface area (Å²) in [5.41, 5.74) is 0.822. The molecule has 1 aliphatic carbocycles. The van der Waals surface area contributed by atoms with Crippen LogP contribution >= 0.6 is 0 Å². The van der Waals surface area contributed by atoms with Gasteiger partial charge in [0.2, 0.25) is 0 Å². The van der Waals surface area contributed by atoms with Crippen LogP contribution in [0.5, 0.6) is 0 Å². The molecule has 1 N–H and O–H groups in total. The molecule has 0 amide bonds. The molecule has 2 rings (SSSR count). The highest BCUT2D eigenvalue weighted by Gasteiger charge is 2.23. The highest BCUT2D eigenvalue weighted by atomic mass is 19.1. The van der Waals surface area contributed by atoms with Crippen LogP contribution in [-0.2, 0) is 6.42 Å². The van der Waals surface area contributed by atoms with Gasteiger partial charge >= 0.3 is 0 Å². The minimum Gasteiger partial charge on any atom is -0.314 e. The maximum atomic E-state index is 13.4. The summed E-state index contributed by atoms with van der Waals surface area (Å²) < 4.78 is 13.4. The van der Waals surface area contributed by atoms with E-state index in [0.717, 1.165) is 30.4 Å². The molecule has 3 atom stereocenters. The Hall–Kier alpha value is -0.890. The Morgan fingerprint density at radius 1 is 1.17 bits per heavy atom. The number of nitrogens with one attached hydrogen (secondary N) is 1. The molecule has 0 aliphatic heterocycles. The third kappa shape index (κ3) is 3.55. The predicted molar refractivity (Wildman–Crippen MR) is 74.1 cm³/mol. The van der Waals surface area contributed by atoms with Crippen LogP contribution in [0.15, 0.2) is 24.3 Å². The summed E-state index contributed by atoms with van der Waals surface area (Å²) in [4.78, 5) is 0. The summed E-state index contributed by atoms with van der Waals surface area (Å²) in [7, 11) is 0. The number of hydrogen-bond acceptors (Lipinski definition) is 1. The van der Waals surface area contributed by atoms with Crippen LogP contribution in [0.2, 0.25) is 0 Å². The van der Waals surface area contributed by atoms with Gasteiger partial charge in [0.05, 0.1) is 0 Å². The molecule has 1 aliphatic rings. The molecule has 100 valence electrons. The maximum absolute atomic E-state index is 13.4. The molecule has 1 fully saturated rings. The minimum atomic E-state index is -0.0788. The summed E-state index contributed by atoms with van der Waals surface area (Å²) in [6, 6.07) is 7.70. The fourth-order valence-corrected chi connectivity index (χ4v) is 2.85. The highest BCUT2D eigenvalue weighted by molar-refractivity contribution is 5.17. The van der Waals surface area contributed by atoms with Crippen molar-refractivity contribution in [1.82, 2.24) is 5.32 Å². The van der Waals surface area contributed by atoms with E-state index in [4.69, 9.17) is 0 Å². The van der Waals surface area contributed by atoms with E-state index in [9.17, 15) is 4.39 Å². The van der Waals surface area contributed by atoms with Gasteiger partial charge in [0.15, 0.2) is 0 Å². The average molecular weight is 249 g/mol. The van der Waals surface area contributed by atoms with Crippen molar-refractivity contribution in [2.24, 2.45) is 11.8 Å². The molecular weight excluding hydrogens is 225 g/mol. The van der Waals surface area contributed by atoms with Crippen LogP contribution in [-0.4, -0.2) is 12.6 Å². The zero-order chi connectivity index (χ0) is 13.0. The number of rotatable bonds is 4. The summed E-state index contributed by atoms with van der Waals surface area (Å²) in [6.45, 7) is 5.57. The third-order valence-electron chi connectivity index (χ3n) is 4.38. The van der Waals surface area contributed by atoms with Gasteiger partial charge in [-0.25, -0.2) is 4.39 Å². The van der Waals surface area contributed by atoms with Crippen molar-refractivity contribution in [1.29, 1.82) is 0 Å². The summed E-state index contributed by atoms with van der Waals surface area (Å²) >= 11 is 0. The molecule has 3 unspecified atom stereocenters. The first kappa shape index (κ1) is 13.5. The molecule has 0 radical (unpaired) electrons. The van der Waals surface area contributed by atoms with Crippen LogP contribution in [0.4, 0.5) is 4.39 Å². The molecule has 0 saturated heterocycles. The lowest BCUT2D eigenvalue weighted by Gasteiger charge is -2.32. The second-order valence-electron chi connectivity index (χ2n) is 5.76. The molecule has 1 aromatic rings. The van der Waals surface area contributed by atoms with Gasteiger partial charge in [0, 0.05) is 6.04 Å². The molecule has 2 heteroatoms. The van der Waals surface area contributed by atoms with E-state index in [1.165, 1.54) is 19.3 Å². The lowest BCUT2D eigenvalue weighted by Crippen LogP contribution is -2.37. The van der Waals surface area contributed by atoms with Gasteiger partial charge in [0.25, 0.3) is 0 Å². The van der Waals surface area contributed by atoms with E-state index in [2.05, 4.69) is 19.2 Å². The number of hydrogen-bond donors (Lipinski definition) is 1. The first-order valence-electron chi connectivity index (χ1n) is 7.13. The first-order valence-corrected chi connectivity index (χ1v) is 7.13. The smallest absolute Gasteiger partial charge is 0.126 e. The lowest BCUT2D eigenvalue weighted by molar-refractivity contribution is 0.227. The normalized spacial score (nSPS) is 28.3. The van der Waals surface area contributed by atoms with E-state index in [-0.39, 0.29) is 5.82 Å². The van der Waals surface area contributed by atoms with Gasteiger partial charge in [-0.3, -0.25) is 0 Å². The van der Waals surface area contributed by atoms with Crippen LogP contribution in [0.1, 0.15) is 38.7 Å². The van der Waals surface area contributed by atoms with Gasteiger partial charge in [-0.05, 0) is 55.7 Å². The monoisotopic (exact) mass is 249 g/mol. The maximum Gasteiger partial charge on any atom is 0.126 e. The second kappa shape index (κ2) is 6.33. The summed E-state index contributed by atoms with van der Waals surface area (Å²) in [5.74, 6) is 1.59. The lowest BCUT2D eigenvalue weighted by atomic mass is 9.79. The molecule has 0 heterocycles. The minimum absolute atomic E-state index is 0.0788. The summed E-state index contributed by atoms with van der Waals surface area (Å²) in [6.07, 6.45) is 4.63. The molecule has 1 nitrogen and oxygen atoms in total. The Morgan fingerprint density at radius 3 is 2.67 bits per heavy atom. The largest absolute Gasteiger partial charge is 0.314 e. The van der Waals surface area contributed by atoms with Crippen LogP contribution in [0.25, 0.3) is 0 Å². The van der Waals surface area contributed by atoms with E-state index >= 15 is 0 Å². The quantitative estimate of drug-likeness (QED) is 0.856. The van der Waals surface area contributed by atoms with Crippen LogP contribution in [0.3, 0.4) is 0 Å². The highest BCUT2D eigenvalue weighted by Crippen LogP contribution is 2.29. The average Bonchev–Trinajstić information content (AvgIpc) is 2.36. The van der Waals surface area contributed by atoms with E-state index in [1.807, 2.05) is 12.1 Å². The zero-order valence-electron chi connectivity index (χ0n) is 11.5. The second-order valence-corrected chi connectivity index (χ2v) is 5.76. The van der Waals surface area contributed by atoms with Crippen molar-refractivity contribution in [2.75, 3.05) is 6.54 Å². The molecule has 18 heavy (non-hydrogen) atoms. The molecular formula is C16H24FN. The topological polar surface area (TPSA) is 12.0 Å². The molecule has 1 aromatic carbocycles. The predicted octanol–water partition coefficient (Wildman–Crippen LogP) is 3.78. The Balaban J connectivity index is 1.74. The van der Waals surface area contributed by atoms with E-state index in [1.54, 1.807) is 12.1 Å². The van der Waals surface area contributed by atoms with Crippen molar-refractivity contribution >= 4 is 0 Å². The standard InChI is InChI=1S/C16H24FN/c1-12-7-8-15(11-13(12)2)18-10-9-14-5-3-4-6-16(14)17/h3-6,12-13,15,18H,7-11H2,1-2H3. The zero-order valence-corrected chi connectivity index (χ0v) is 11.5. The van der Waals surface area contributed by atoms with Gasteiger partial charge in [-0.2, -0.15) is 0 Å². The fourth-order valence-electron chi connectivity index (χ4n) is 2.85. The molecule has 1 saturated carbocycles. The van der Waals surface area contributed by atoms with Gasteiger partial charge in [-0.15, -0.1) is 0 Å². The SMILES string of the molecule is CC1CCC(NCCc2ccccc2F)CC1C. The van der Waals surface area contributed by atoms with Crippen molar-refractivity contribution in [3.05, 3.63) is 35.6 Å². The van der Waals surface area contributed by atoms with Crippen LogP contribution in [0, 0.1) is 17.7 Å². The summed E-state index contributed by atoms with van der Waals surface area (Å²) in [5, 5.41) is 3.58. The fraction of sp³-hybridized carbons (Fsp3) is 0.625. The van der Waals surface area contributed by atoms with Crippen molar-refractivity contribution in [2.45, 2.75) is 45.6 Å².